The van der Waals surface area contributed by atoms with Crippen LogP contribution < -0.4 is 10.2 Å². The maximum absolute atomic E-state index is 13.0. The van der Waals surface area contributed by atoms with Crippen LogP contribution in [0.2, 0.25) is 0 Å². The molecule has 2 rings (SSSR count). The van der Waals surface area contributed by atoms with Gasteiger partial charge in [-0.05, 0) is 50.2 Å². The van der Waals surface area contributed by atoms with Gasteiger partial charge in [-0.1, -0.05) is 30.3 Å². The average Bonchev–Trinajstić information content (AvgIpc) is 2.54. The quantitative estimate of drug-likeness (QED) is 0.827. The SMILES string of the molecule is CCN(CCC(NC)c1ccc(F)cc1)c1ccccc1. The number of hydrogen-bond donors (Lipinski definition) is 1. The molecule has 1 unspecified atom stereocenters. The zero-order valence-corrected chi connectivity index (χ0v) is 12.7. The molecule has 0 spiro atoms. The number of halogens is 1. The lowest BCUT2D eigenvalue weighted by molar-refractivity contribution is 0.541. The predicted molar refractivity (Wildman–Crippen MR) is 87.1 cm³/mol. The molecule has 2 aromatic rings. The van der Waals surface area contributed by atoms with Gasteiger partial charge in [0.2, 0.25) is 0 Å². The van der Waals surface area contributed by atoms with Gasteiger partial charge in [0.15, 0.2) is 0 Å². The third-order valence-electron chi connectivity index (χ3n) is 3.81. The van der Waals surface area contributed by atoms with E-state index in [1.165, 1.54) is 17.8 Å². The van der Waals surface area contributed by atoms with Crippen LogP contribution in [0.4, 0.5) is 10.1 Å². The van der Waals surface area contributed by atoms with Crippen LogP contribution in [0.1, 0.15) is 24.9 Å². The molecule has 0 aliphatic rings. The van der Waals surface area contributed by atoms with Crippen LogP contribution in [-0.4, -0.2) is 20.1 Å². The minimum absolute atomic E-state index is 0.187. The fourth-order valence-electron chi connectivity index (χ4n) is 2.57. The highest BCUT2D eigenvalue weighted by atomic mass is 19.1. The Bertz CT molecular complexity index is 525. The molecule has 21 heavy (non-hydrogen) atoms. The lowest BCUT2D eigenvalue weighted by Gasteiger charge is -2.26. The van der Waals surface area contributed by atoms with Crippen molar-refractivity contribution in [3.8, 4) is 0 Å². The summed E-state index contributed by atoms with van der Waals surface area (Å²) in [4.78, 5) is 2.36. The topological polar surface area (TPSA) is 15.3 Å². The Morgan fingerprint density at radius 1 is 1.05 bits per heavy atom. The molecule has 0 aromatic heterocycles. The van der Waals surface area contributed by atoms with Crippen LogP contribution in [0.15, 0.2) is 54.6 Å². The fraction of sp³-hybridized carbons (Fsp3) is 0.333. The Kier molecular flexibility index (Phi) is 5.76. The molecule has 0 radical (unpaired) electrons. The van der Waals surface area contributed by atoms with Crippen LogP contribution in [0.3, 0.4) is 0 Å². The molecular formula is C18H23FN2. The summed E-state index contributed by atoms with van der Waals surface area (Å²) in [5.41, 5.74) is 2.37. The van der Waals surface area contributed by atoms with Gasteiger partial charge in [-0.2, -0.15) is 0 Å². The van der Waals surface area contributed by atoms with Crippen LogP contribution in [0.5, 0.6) is 0 Å². The zero-order chi connectivity index (χ0) is 15.1. The number of nitrogens with one attached hydrogen (secondary N) is 1. The second-order valence-corrected chi connectivity index (χ2v) is 5.10. The predicted octanol–water partition coefficient (Wildman–Crippen LogP) is 4.00. The average molecular weight is 286 g/mol. The molecule has 0 heterocycles. The van der Waals surface area contributed by atoms with Gasteiger partial charge in [0.1, 0.15) is 5.82 Å². The Morgan fingerprint density at radius 3 is 2.29 bits per heavy atom. The second-order valence-electron chi connectivity index (χ2n) is 5.10. The van der Waals surface area contributed by atoms with Crippen molar-refractivity contribution in [1.82, 2.24) is 5.32 Å². The summed E-state index contributed by atoms with van der Waals surface area (Å²) in [7, 11) is 1.95. The number of para-hydroxylation sites is 1. The first kappa shape index (κ1) is 15.5. The number of benzene rings is 2. The number of rotatable bonds is 7. The summed E-state index contributed by atoms with van der Waals surface area (Å²) in [5.74, 6) is -0.187. The molecule has 0 saturated heterocycles. The molecule has 2 nitrogen and oxygen atoms in total. The molecule has 112 valence electrons. The normalized spacial score (nSPS) is 12.1. The molecule has 0 saturated carbocycles. The van der Waals surface area contributed by atoms with Crippen molar-refractivity contribution in [2.75, 3.05) is 25.0 Å². The van der Waals surface area contributed by atoms with Gasteiger partial charge in [-0.25, -0.2) is 4.39 Å². The van der Waals surface area contributed by atoms with E-state index in [-0.39, 0.29) is 11.9 Å². The van der Waals surface area contributed by atoms with Crippen molar-refractivity contribution >= 4 is 5.69 Å². The molecule has 3 heteroatoms. The summed E-state index contributed by atoms with van der Waals surface area (Å²) in [6, 6.07) is 17.4. The van der Waals surface area contributed by atoms with Crippen molar-refractivity contribution < 1.29 is 4.39 Å². The first-order valence-electron chi connectivity index (χ1n) is 7.47. The molecule has 1 atom stereocenters. The van der Waals surface area contributed by atoms with Crippen LogP contribution in [0, 0.1) is 5.82 Å². The molecule has 0 aliphatic heterocycles. The number of anilines is 1. The first-order chi connectivity index (χ1) is 10.2. The number of nitrogens with zero attached hydrogens (tertiary/aromatic N) is 1. The minimum atomic E-state index is -0.187. The Labute approximate surface area is 126 Å². The van der Waals surface area contributed by atoms with Gasteiger partial charge in [0, 0.05) is 24.8 Å². The first-order valence-corrected chi connectivity index (χ1v) is 7.47. The summed E-state index contributed by atoms with van der Waals surface area (Å²) >= 11 is 0. The maximum Gasteiger partial charge on any atom is 0.123 e. The highest BCUT2D eigenvalue weighted by Gasteiger charge is 2.11. The van der Waals surface area contributed by atoms with E-state index < -0.39 is 0 Å². The Morgan fingerprint density at radius 2 is 1.71 bits per heavy atom. The van der Waals surface area contributed by atoms with Crippen molar-refractivity contribution in [1.29, 1.82) is 0 Å². The molecule has 1 N–H and O–H groups in total. The van der Waals surface area contributed by atoms with E-state index in [9.17, 15) is 4.39 Å². The maximum atomic E-state index is 13.0. The summed E-state index contributed by atoms with van der Waals surface area (Å²) in [6.07, 6.45) is 0.977. The van der Waals surface area contributed by atoms with Crippen LogP contribution in [-0.2, 0) is 0 Å². The molecule has 0 bridgehead atoms. The second kappa shape index (κ2) is 7.79. The van der Waals surface area contributed by atoms with E-state index in [0.717, 1.165) is 25.1 Å². The molecule has 2 aromatic carbocycles. The summed E-state index contributed by atoms with van der Waals surface area (Å²) in [6.45, 7) is 4.10. The lowest BCUT2D eigenvalue weighted by atomic mass is 10.0. The highest BCUT2D eigenvalue weighted by Crippen LogP contribution is 2.20. The molecule has 0 fully saturated rings. The van der Waals surface area contributed by atoms with Gasteiger partial charge in [-0.15, -0.1) is 0 Å². The van der Waals surface area contributed by atoms with Gasteiger partial charge < -0.3 is 10.2 Å². The van der Waals surface area contributed by atoms with Crippen molar-refractivity contribution in [3.63, 3.8) is 0 Å². The van der Waals surface area contributed by atoms with E-state index in [2.05, 4.69) is 41.4 Å². The third-order valence-corrected chi connectivity index (χ3v) is 3.81. The Hall–Kier alpha value is -1.87. The molecular weight excluding hydrogens is 263 g/mol. The highest BCUT2D eigenvalue weighted by molar-refractivity contribution is 5.45. The number of hydrogen-bond acceptors (Lipinski definition) is 2. The summed E-state index contributed by atoms with van der Waals surface area (Å²) < 4.78 is 13.0. The van der Waals surface area contributed by atoms with Crippen LogP contribution in [0.25, 0.3) is 0 Å². The summed E-state index contributed by atoms with van der Waals surface area (Å²) in [5, 5.41) is 3.32. The van der Waals surface area contributed by atoms with E-state index in [1.54, 1.807) is 0 Å². The van der Waals surface area contributed by atoms with E-state index >= 15 is 0 Å². The van der Waals surface area contributed by atoms with Gasteiger partial charge in [0.05, 0.1) is 0 Å². The van der Waals surface area contributed by atoms with E-state index in [4.69, 9.17) is 0 Å². The third kappa shape index (κ3) is 4.30. The Balaban J connectivity index is 2.00. The van der Waals surface area contributed by atoms with Crippen molar-refractivity contribution in [3.05, 3.63) is 66.0 Å². The zero-order valence-electron chi connectivity index (χ0n) is 12.7. The smallest absolute Gasteiger partial charge is 0.123 e. The monoisotopic (exact) mass is 286 g/mol. The van der Waals surface area contributed by atoms with Crippen LogP contribution >= 0.6 is 0 Å². The lowest BCUT2D eigenvalue weighted by Crippen LogP contribution is -2.28. The van der Waals surface area contributed by atoms with E-state index in [1.807, 2.05) is 25.2 Å². The minimum Gasteiger partial charge on any atom is -0.372 e. The van der Waals surface area contributed by atoms with Crippen molar-refractivity contribution in [2.24, 2.45) is 0 Å². The van der Waals surface area contributed by atoms with Gasteiger partial charge in [0.25, 0.3) is 0 Å². The fourth-order valence-corrected chi connectivity index (χ4v) is 2.57. The largest absolute Gasteiger partial charge is 0.372 e. The van der Waals surface area contributed by atoms with Gasteiger partial charge in [-0.3, -0.25) is 0 Å². The molecule has 0 amide bonds. The van der Waals surface area contributed by atoms with Gasteiger partial charge >= 0.3 is 0 Å². The van der Waals surface area contributed by atoms with Crippen molar-refractivity contribution in [2.45, 2.75) is 19.4 Å². The van der Waals surface area contributed by atoms with E-state index in [0.29, 0.717) is 0 Å². The standard InChI is InChI=1S/C18H23FN2/c1-3-21(17-7-5-4-6-8-17)14-13-18(20-2)15-9-11-16(19)12-10-15/h4-12,18,20H,3,13-14H2,1-2H3. The molecule has 0 aliphatic carbocycles.